The van der Waals surface area contributed by atoms with E-state index in [1.807, 2.05) is 22.9 Å². The largest absolute Gasteiger partial charge is 0.301 e. The minimum absolute atomic E-state index is 0.0867. The summed E-state index contributed by atoms with van der Waals surface area (Å²) in [6.45, 7) is 0.482. The van der Waals surface area contributed by atoms with Gasteiger partial charge in [-0.3, -0.25) is 19.3 Å². The molecule has 4 rings (SSSR count). The van der Waals surface area contributed by atoms with Gasteiger partial charge in [-0.1, -0.05) is 17.8 Å². The Labute approximate surface area is 154 Å². The maximum absolute atomic E-state index is 12.5. The number of carbonyl (C=O) groups is 2. The Hall–Kier alpha value is -1.97. The van der Waals surface area contributed by atoms with Crippen LogP contribution >= 0.6 is 34.4 Å². The fourth-order valence-corrected chi connectivity index (χ4v) is 5.29. The molecule has 3 aromatic rings. The second-order valence-electron chi connectivity index (χ2n) is 5.51. The summed E-state index contributed by atoms with van der Waals surface area (Å²) < 4.78 is 0. The van der Waals surface area contributed by atoms with Crippen LogP contribution < -0.4 is 5.56 Å². The van der Waals surface area contributed by atoms with Gasteiger partial charge in [0.15, 0.2) is 5.16 Å². The number of fused-ring (bicyclic) bond motifs is 1. The topological polar surface area (TPSA) is 83.1 Å². The number of thioether (sulfide) groups is 1. The monoisotopic (exact) mass is 391 g/mol. The lowest BCUT2D eigenvalue weighted by Gasteiger charge is -2.12. The lowest BCUT2D eigenvalue weighted by molar-refractivity contribution is -0.140. The zero-order chi connectivity index (χ0) is 17.4. The van der Waals surface area contributed by atoms with Crippen molar-refractivity contribution in [3.8, 4) is 10.4 Å². The van der Waals surface area contributed by atoms with Crippen LogP contribution in [0.15, 0.2) is 32.8 Å². The predicted molar refractivity (Wildman–Crippen MR) is 100 cm³/mol. The number of amides is 2. The van der Waals surface area contributed by atoms with E-state index in [-0.39, 0.29) is 23.1 Å². The van der Waals surface area contributed by atoms with E-state index in [0.717, 1.165) is 28.6 Å². The van der Waals surface area contributed by atoms with Crippen molar-refractivity contribution in [2.45, 2.75) is 18.0 Å². The molecule has 128 valence electrons. The normalized spacial score (nSPS) is 14.6. The van der Waals surface area contributed by atoms with Crippen LogP contribution in [-0.4, -0.2) is 39.0 Å². The maximum Gasteiger partial charge on any atom is 0.260 e. The number of imide groups is 1. The van der Waals surface area contributed by atoms with Crippen molar-refractivity contribution in [1.82, 2.24) is 14.9 Å². The van der Waals surface area contributed by atoms with Crippen molar-refractivity contribution in [3.05, 3.63) is 33.2 Å². The van der Waals surface area contributed by atoms with Gasteiger partial charge in [-0.05, 0) is 17.9 Å². The lowest BCUT2D eigenvalue weighted by atomic mass is 10.2. The van der Waals surface area contributed by atoms with E-state index >= 15 is 0 Å². The number of H-pyrrole nitrogens is 1. The second-order valence-corrected chi connectivity index (χ2v) is 8.28. The van der Waals surface area contributed by atoms with E-state index < -0.39 is 0 Å². The number of hydrogen-bond donors (Lipinski definition) is 1. The zero-order valence-corrected chi connectivity index (χ0v) is 15.4. The van der Waals surface area contributed by atoms with Gasteiger partial charge < -0.3 is 4.98 Å². The molecule has 3 aromatic heterocycles. The van der Waals surface area contributed by atoms with Gasteiger partial charge in [-0.25, -0.2) is 4.98 Å². The average molecular weight is 391 g/mol. The number of rotatable bonds is 4. The number of carbonyl (C=O) groups excluding carboxylic acids is 2. The number of thiophene rings is 2. The van der Waals surface area contributed by atoms with Crippen molar-refractivity contribution in [2.75, 3.05) is 12.3 Å². The Kier molecular flexibility index (Phi) is 4.45. The van der Waals surface area contributed by atoms with Crippen molar-refractivity contribution in [3.63, 3.8) is 0 Å². The first-order chi connectivity index (χ1) is 12.1. The van der Waals surface area contributed by atoms with Gasteiger partial charge in [0.05, 0.1) is 11.1 Å². The number of nitrogens with one attached hydrogen (secondary N) is 1. The summed E-state index contributed by atoms with van der Waals surface area (Å²) in [7, 11) is 0. The molecule has 1 aliphatic heterocycles. The lowest BCUT2D eigenvalue weighted by Crippen LogP contribution is -2.33. The molecule has 0 unspecified atom stereocenters. The highest BCUT2D eigenvalue weighted by Gasteiger charge is 2.26. The summed E-state index contributed by atoms with van der Waals surface area (Å²) in [4.78, 5) is 46.4. The van der Waals surface area contributed by atoms with Gasteiger partial charge in [-0.15, -0.1) is 22.7 Å². The van der Waals surface area contributed by atoms with Crippen LogP contribution in [0, 0.1) is 0 Å². The fraction of sp³-hybridized carbons (Fsp3) is 0.250. The van der Waals surface area contributed by atoms with E-state index in [9.17, 15) is 14.4 Å². The first kappa shape index (κ1) is 16.5. The molecule has 0 aliphatic carbocycles. The Bertz CT molecular complexity index is 1010. The molecule has 0 aromatic carbocycles. The van der Waals surface area contributed by atoms with Gasteiger partial charge in [0.1, 0.15) is 4.83 Å². The number of hydrogen-bond acceptors (Lipinski definition) is 7. The summed E-state index contributed by atoms with van der Waals surface area (Å²) in [5.74, 6) is -0.273. The van der Waals surface area contributed by atoms with Crippen LogP contribution in [0.3, 0.4) is 0 Å². The van der Waals surface area contributed by atoms with Crippen LogP contribution in [0.5, 0.6) is 0 Å². The molecule has 1 N–H and O–H groups in total. The van der Waals surface area contributed by atoms with Gasteiger partial charge in [0.25, 0.3) is 5.56 Å². The summed E-state index contributed by atoms with van der Waals surface area (Å²) in [5.41, 5.74) is 0.681. The van der Waals surface area contributed by atoms with Gasteiger partial charge in [0.2, 0.25) is 11.8 Å². The second kappa shape index (κ2) is 6.74. The molecule has 1 fully saturated rings. The molecule has 1 aliphatic rings. The van der Waals surface area contributed by atoms with Crippen LogP contribution in [0.4, 0.5) is 0 Å². The molecule has 2 amide bonds. The van der Waals surface area contributed by atoms with Crippen LogP contribution in [-0.2, 0) is 9.59 Å². The van der Waals surface area contributed by atoms with Gasteiger partial charge in [0, 0.05) is 28.8 Å². The van der Waals surface area contributed by atoms with Crippen LogP contribution in [0.1, 0.15) is 12.8 Å². The smallest absolute Gasteiger partial charge is 0.260 e. The molecule has 4 heterocycles. The molecule has 0 spiro atoms. The highest BCUT2D eigenvalue weighted by molar-refractivity contribution is 7.99. The number of aromatic amines is 1. The Morgan fingerprint density at radius 3 is 2.96 bits per heavy atom. The highest BCUT2D eigenvalue weighted by Crippen LogP contribution is 2.34. The molecule has 6 nitrogen and oxygen atoms in total. The fourth-order valence-electron chi connectivity index (χ4n) is 2.73. The highest BCUT2D eigenvalue weighted by atomic mass is 32.2. The number of nitrogens with zero attached hydrogens (tertiary/aromatic N) is 2. The Morgan fingerprint density at radius 1 is 1.36 bits per heavy atom. The average Bonchev–Trinajstić information content (AvgIpc) is 3.32. The minimum Gasteiger partial charge on any atom is -0.301 e. The number of aromatic nitrogens is 2. The SMILES string of the molecule is O=C1CCCN1C(=O)CSc1nc2scc(-c3cccs3)c2c(=O)[nH]1. The van der Waals surface area contributed by atoms with Gasteiger partial charge in [-0.2, -0.15) is 0 Å². The van der Waals surface area contributed by atoms with E-state index in [1.165, 1.54) is 16.2 Å². The Balaban J connectivity index is 1.57. The molecule has 0 radical (unpaired) electrons. The summed E-state index contributed by atoms with van der Waals surface area (Å²) >= 11 is 4.14. The maximum atomic E-state index is 12.5. The van der Waals surface area contributed by atoms with Crippen LogP contribution in [0.2, 0.25) is 0 Å². The quantitative estimate of drug-likeness (QED) is 0.546. The van der Waals surface area contributed by atoms with E-state index in [2.05, 4.69) is 9.97 Å². The predicted octanol–water partition coefficient (Wildman–Crippen LogP) is 2.95. The molecule has 0 atom stereocenters. The molecule has 0 bridgehead atoms. The first-order valence-corrected chi connectivity index (χ1v) is 10.4. The third-order valence-electron chi connectivity index (χ3n) is 3.92. The number of likely N-dealkylation sites (tertiary alicyclic amines) is 1. The van der Waals surface area contributed by atoms with E-state index in [0.29, 0.717) is 28.3 Å². The summed E-state index contributed by atoms with van der Waals surface area (Å²) in [5, 5.41) is 4.88. The molecule has 25 heavy (non-hydrogen) atoms. The zero-order valence-electron chi connectivity index (χ0n) is 13.0. The van der Waals surface area contributed by atoms with Crippen LogP contribution in [0.25, 0.3) is 20.7 Å². The van der Waals surface area contributed by atoms with E-state index in [1.54, 1.807) is 11.3 Å². The van der Waals surface area contributed by atoms with E-state index in [4.69, 9.17) is 0 Å². The first-order valence-electron chi connectivity index (χ1n) is 7.65. The Morgan fingerprint density at radius 2 is 2.24 bits per heavy atom. The van der Waals surface area contributed by atoms with Crippen molar-refractivity contribution in [1.29, 1.82) is 0 Å². The third-order valence-corrected chi connectivity index (χ3v) is 6.55. The van der Waals surface area contributed by atoms with Crippen molar-refractivity contribution < 1.29 is 9.59 Å². The minimum atomic E-state index is -0.235. The van der Waals surface area contributed by atoms with Gasteiger partial charge >= 0.3 is 0 Å². The molecular weight excluding hydrogens is 378 g/mol. The summed E-state index contributed by atoms with van der Waals surface area (Å²) in [6, 6.07) is 3.92. The van der Waals surface area contributed by atoms with Crippen molar-refractivity contribution >= 4 is 56.5 Å². The standard InChI is InChI=1S/C16H13N3O3S3/c20-11-4-1-5-19(11)12(21)8-25-16-17-14(22)13-9(7-24-15(13)18-16)10-3-2-6-23-10/h2-3,6-7H,1,4-5,8H2,(H,17,18,22). The summed E-state index contributed by atoms with van der Waals surface area (Å²) in [6.07, 6.45) is 1.15. The molecule has 9 heteroatoms. The van der Waals surface area contributed by atoms with Crippen molar-refractivity contribution in [2.24, 2.45) is 0 Å². The third kappa shape index (κ3) is 3.14. The molecule has 1 saturated heterocycles. The molecule has 0 saturated carbocycles. The molecular formula is C16H13N3O3S3.